The van der Waals surface area contributed by atoms with Gasteiger partial charge in [0.2, 0.25) is 0 Å². The number of nitrogens with one attached hydrogen (secondary N) is 2. The minimum absolute atomic E-state index is 0.132. The van der Waals surface area contributed by atoms with E-state index < -0.39 is 0 Å². The Balaban J connectivity index is 2.41. The van der Waals surface area contributed by atoms with E-state index in [0.717, 1.165) is 0 Å². The number of rotatable bonds is 4. The van der Waals surface area contributed by atoms with Crippen molar-refractivity contribution in [3.05, 3.63) is 29.3 Å². The summed E-state index contributed by atoms with van der Waals surface area (Å²) in [5.74, 6) is -0.0936. The lowest BCUT2D eigenvalue weighted by atomic mass is 10.1. The largest absolute Gasteiger partial charge is 0.508 e. The number of benzene rings is 1. The van der Waals surface area contributed by atoms with E-state index in [2.05, 4.69) is 10.6 Å². The highest BCUT2D eigenvalue weighted by Gasteiger charge is 2.09. The summed E-state index contributed by atoms with van der Waals surface area (Å²) in [7, 11) is 3.29. The molecule has 1 rings (SSSR count). The molecule has 0 heterocycles. The average Bonchev–Trinajstić information content (AvgIpc) is 2.33. The zero-order valence-corrected chi connectivity index (χ0v) is 11.4. The van der Waals surface area contributed by atoms with E-state index in [9.17, 15) is 14.7 Å². The zero-order chi connectivity index (χ0) is 14.4. The molecule has 1 aromatic carbocycles. The first-order valence-corrected chi connectivity index (χ1v) is 5.95. The molecule has 6 heteroatoms. The van der Waals surface area contributed by atoms with E-state index in [-0.39, 0.29) is 17.7 Å². The molecule has 1 aromatic rings. The van der Waals surface area contributed by atoms with Gasteiger partial charge in [-0.3, -0.25) is 4.79 Å². The predicted molar refractivity (Wildman–Crippen MR) is 72.3 cm³/mol. The van der Waals surface area contributed by atoms with Crippen molar-refractivity contribution >= 4 is 11.9 Å². The fraction of sp³-hybridized carbons (Fsp3) is 0.385. The molecular formula is C13H19N3O3. The van der Waals surface area contributed by atoms with Crippen molar-refractivity contribution in [2.24, 2.45) is 0 Å². The minimum Gasteiger partial charge on any atom is -0.508 e. The standard InChI is InChI=1S/C13H19N3O3/c1-9-8-10(17)4-5-11(9)12(18)14-6-7-15-13(19)16(2)3/h4-5,8,17H,6-7H2,1-3H3,(H,14,18)(H,15,19). The molecule has 19 heavy (non-hydrogen) atoms. The van der Waals surface area contributed by atoms with Crippen LogP contribution in [0.4, 0.5) is 4.79 Å². The lowest BCUT2D eigenvalue weighted by Gasteiger charge is -2.12. The topological polar surface area (TPSA) is 81.7 Å². The number of aryl methyl sites for hydroxylation is 1. The summed E-state index contributed by atoms with van der Waals surface area (Å²) in [5, 5.41) is 14.6. The first-order chi connectivity index (χ1) is 8.91. The second kappa shape index (κ2) is 6.63. The van der Waals surface area contributed by atoms with Crippen molar-refractivity contribution in [3.8, 4) is 5.75 Å². The molecule has 0 fully saturated rings. The Morgan fingerprint density at radius 1 is 1.21 bits per heavy atom. The van der Waals surface area contributed by atoms with Crippen molar-refractivity contribution in [3.63, 3.8) is 0 Å². The van der Waals surface area contributed by atoms with Gasteiger partial charge in [0.05, 0.1) is 0 Å². The van der Waals surface area contributed by atoms with Crippen molar-refractivity contribution in [1.82, 2.24) is 15.5 Å². The summed E-state index contributed by atoms with van der Waals surface area (Å²) in [6.45, 7) is 2.46. The highest BCUT2D eigenvalue weighted by atomic mass is 16.3. The fourth-order valence-electron chi connectivity index (χ4n) is 1.50. The smallest absolute Gasteiger partial charge is 0.316 e. The summed E-state index contributed by atoms with van der Waals surface area (Å²) in [4.78, 5) is 24.5. The summed E-state index contributed by atoms with van der Waals surface area (Å²) >= 11 is 0. The zero-order valence-electron chi connectivity index (χ0n) is 11.4. The number of amides is 3. The summed E-state index contributed by atoms with van der Waals surface area (Å²) in [6, 6.07) is 4.37. The molecule has 0 unspecified atom stereocenters. The van der Waals surface area contributed by atoms with Crippen LogP contribution < -0.4 is 10.6 Å². The monoisotopic (exact) mass is 265 g/mol. The molecule has 0 spiro atoms. The van der Waals surface area contributed by atoms with Gasteiger partial charge in [0.25, 0.3) is 5.91 Å². The van der Waals surface area contributed by atoms with Gasteiger partial charge in [-0.05, 0) is 30.7 Å². The van der Waals surface area contributed by atoms with Gasteiger partial charge >= 0.3 is 6.03 Å². The van der Waals surface area contributed by atoms with Crippen molar-refractivity contribution in [2.45, 2.75) is 6.92 Å². The maximum atomic E-state index is 11.8. The van der Waals surface area contributed by atoms with E-state index in [0.29, 0.717) is 24.2 Å². The van der Waals surface area contributed by atoms with Crippen LogP contribution in [0.1, 0.15) is 15.9 Å². The average molecular weight is 265 g/mol. The van der Waals surface area contributed by atoms with Crippen LogP contribution >= 0.6 is 0 Å². The van der Waals surface area contributed by atoms with E-state index >= 15 is 0 Å². The molecule has 0 aliphatic heterocycles. The third-order valence-electron chi connectivity index (χ3n) is 2.55. The molecule has 104 valence electrons. The molecule has 3 amide bonds. The molecule has 0 aliphatic rings. The van der Waals surface area contributed by atoms with E-state index in [1.165, 1.54) is 17.0 Å². The Hall–Kier alpha value is -2.24. The van der Waals surface area contributed by atoms with Crippen molar-refractivity contribution in [1.29, 1.82) is 0 Å². The van der Waals surface area contributed by atoms with E-state index in [1.807, 2.05) is 0 Å². The fourth-order valence-corrected chi connectivity index (χ4v) is 1.50. The van der Waals surface area contributed by atoms with Crippen LogP contribution in [0.25, 0.3) is 0 Å². The number of urea groups is 1. The van der Waals surface area contributed by atoms with Crippen LogP contribution in [0.2, 0.25) is 0 Å². The Morgan fingerprint density at radius 3 is 2.42 bits per heavy atom. The van der Waals surface area contributed by atoms with Crippen molar-refractivity contribution in [2.75, 3.05) is 27.2 Å². The maximum Gasteiger partial charge on any atom is 0.316 e. The Bertz CT molecular complexity index is 472. The van der Waals surface area contributed by atoms with Crippen LogP contribution in [0.5, 0.6) is 5.75 Å². The van der Waals surface area contributed by atoms with E-state index in [1.54, 1.807) is 27.1 Å². The van der Waals surface area contributed by atoms with Gasteiger partial charge in [-0.1, -0.05) is 0 Å². The summed E-state index contributed by atoms with van der Waals surface area (Å²) in [6.07, 6.45) is 0. The lowest BCUT2D eigenvalue weighted by Crippen LogP contribution is -2.39. The van der Waals surface area contributed by atoms with Gasteiger partial charge < -0.3 is 20.6 Å². The molecule has 0 radical (unpaired) electrons. The van der Waals surface area contributed by atoms with Gasteiger partial charge in [0.15, 0.2) is 0 Å². The number of carbonyl (C=O) groups excluding carboxylic acids is 2. The summed E-state index contributed by atoms with van der Waals surface area (Å²) < 4.78 is 0. The Labute approximate surface area is 112 Å². The normalized spacial score (nSPS) is 9.84. The number of phenols is 1. The third-order valence-corrected chi connectivity index (χ3v) is 2.55. The number of phenolic OH excluding ortho intramolecular Hbond substituents is 1. The molecule has 0 bridgehead atoms. The molecule has 6 nitrogen and oxygen atoms in total. The van der Waals surface area contributed by atoms with Gasteiger partial charge in [0.1, 0.15) is 5.75 Å². The van der Waals surface area contributed by atoms with Crippen LogP contribution in [-0.2, 0) is 0 Å². The van der Waals surface area contributed by atoms with Crippen LogP contribution in [0.3, 0.4) is 0 Å². The second-order valence-electron chi connectivity index (χ2n) is 4.38. The van der Waals surface area contributed by atoms with E-state index in [4.69, 9.17) is 0 Å². The van der Waals surface area contributed by atoms with Gasteiger partial charge in [-0.15, -0.1) is 0 Å². The quantitative estimate of drug-likeness (QED) is 0.701. The predicted octanol–water partition coefficient (Wildman–Crippen LogP) is 0.702. The highest BCUT2D eigenvalue weighted by Crippen LogP contribution is 2.15. The Kier molecular flexibility index (Phi) is 5.17. The second-order valence-corrected chi connectivity index (χ2v) is 4.38. The molecule has 0 saturated carbocycles. The van der Waals surface area contributed by atoms with Crippen LogP contribution in [0, 0.1) is 6.92 Å². The molecule has 0 saturated heterocycles. The number of carbonyl (C=O) groups is 2. The van der Waals surface area contributed by atoms with Gasteiger partial charge in [-0.25, -0.2) is 4.79 Å². The molecule has 0 aromatic heterocycles. The number of nitrogens with zero attached hydrogens (tertiary/aromatic N) is 1. The molecule has 3 N–H and O–H groups in total. The van der Waals surface area contributed by atoms with Crippen LogP contribution in [0.15, 0.2) is 18.2 Å². The SMILES string of the molecule is Cc1cc(O)ccc1C(=O)NCCNC(=O)N(C)C. The minimum atomic E-state index is -0.225. The molecule has 0 aliphatic carbocycles. The first kappa shape index (κ1) is 14.8. The number of hydrogen-bond donors (Lipinski definition) is 3. The van der Waals surface area contributed by atoms with Crippen molar-refractivity contribution < 1.29 is 14.7 Å². The number of aromatic hydroxyl groups is 1. The Morgan fingerprint density at radius 2 is 1.84 bits per heavy atom. The van der Waals surface area contributed by atoms with Gasteiger partial charge in [0, 0.05) is 32.7 Å². The maximum absolute atomic E-state index is 11.8. The summed E-state index contributed by atoms with van der Waals surface area (Å²) in [5.41, 5.74) is 1.21. The lowest BCUT2D eigenvalue weighted by molar-refractivity contribution is 0.0953. The number of hydrogen-bond acceptors (Lipinski definition) is 3. The molecular weight excluding hydrogens is 246 g/mol. The third kappa shape index (κ3) is 4.50. The first-order valence-electron chi connectivity index (χ1n) is 5.95. The van der Waals surface area contributed by atoms with Crippen LogP contribution in [-0.4, -0.2) is 49.1 Å². The highest BCUT2D eigenvalue weighted by molar-refractivity contribution is 5.95. The molecule has 0 atom stereocenters. The van der Waals surface area contributed by atoms with Gasteiger partial charge in [-0.2, -0.15) is 0 Å².